The van der Waals surface area contributed by atoms with E-state index in [1.54, 1.807) is 22.2 Å². The van der Waals surface area contributed by atoms with Crippen molar-refractivity contribution in [3.63, 3.8) is 0 Å². The summed E-state index contributed by atoms with van der Waals surface area (Å²) in [6.07, 6.45) is 6.35. The first-order valence-electron chi connectivity index (χ1n) is 6.85. The molecule has 0 fully saturated rings. The molecule has 0 unspecified atom stereocenters. The third-order valence-corrected chi connectivity index (χ3v) is 6.14. The maximum Gasteiger partial charge on any atom is 0.237 e. The lowest BCUT2D eigenvalue weighted by atomic mass is 9.87. The minimum atomic E-state index is 0.0774. The van der Waals surface area contributed by atoms with E-state index in [4.69, 9.17) is 0 Å². The van der Waals surface area contributed by atoms with Crippen molar-refractivity contribution in [2.75, 3.05) is 0 Å². The fraction of sp³-hybridized carbons (Fsp3) is 0.500. The van der Waals surface area contributed by atoms with E-state index >= 15 is 0 Å². The number of aromatic nitrogens is 3. The van der Waals surface area contributed by atoms with Gasteiger partial charge in [-0.1, -0.05) is 13.3 Å². The normalized spacial score (nSPS) is 18.0. The van der Waals surface area contributed by atoms with Gasteiger partial charge in [-0.15, -0.1) is 21.5 Å². The van der Waals surface area contributed by atoms with Gasteiger partial charge in [-0.3, -0.25) is 4.79 Å². The van der Waals surface area contributed by atoms with Crippen LogP contribution in [0.4, 0.5) is 0 Å². The van der Waals surface area contributed by atoms with Crippen molar-refractivity contribution >= 4 is 28.2 Å². The van der Waals surface area contributed by atoms with Crippen LogP contribution in [-0.2, 0) is 19.9 Å². The quantitative estimate of drug-likeness (QED) is 0.816. The first-order valence-corrected chi connectivity index (χ1v) is 8.48. The van der Waals surface area contributed by atoms with Gasteiger partial charge >= 0.3 is 0 Å². The van der Waals surface area contributed by atoms with E-state index in [1.165, 1.54) is 23.3 Å². The topological polar surface area (TPSA) is 47.8 Å². The Hall–Kier alpha value is -1.14. The fourth-order valence-electron chi connectivity index (χ4n) is 2.55. The van der Waals surface area contributed by atoms with Crippen LogP contribution in [0.25, 0.3) is 0 Å². The molecule has 106 valence electrons. The Morgan fingerprint density at radius 3 is 3.15 bits per heavy atom. The van der Waals surface area contributed by atoms with Crippen molar-refractivity contribution in [1.82, 2.24) is 14.8 Å². The van der Waals surface area contributed by atoms with E-state index in [1.807, 2.05) is 7.05 Å². The summed E-state index contributed by atoms with van der Waals surface area (Å²) >= 11 is 2.82. The van der Waals surface area contributed by atoms with Gasteiger partial charge in [0.15, 0.2) is 5.16 Å². The number of carbonyl (C=O) groups is 1. The molecule has 0 bridgehead atoms. The molecule has 0 amide bonds. The molecule has 2 heterocycles. The summed E-state index contributed by atoms with van der Waals surface area (Å²) in [6.45, 7) is 2.25. The zero-order valence-corrected chi connectivity index (χ0v) is 13.3. The van der Waals surface area contributed by atoms with Gasteiger partial charge in [-0.05, 0) is 48.6 Å². The molecule has 1 atom stereocenters. The Balaban J connectivity index is 1.77. The Morgan fingerprint density at radius 2 is 2.45 bits per heavy atom. The summed E-state index contributed by atoms with van der Waals surface area (Å²) in [5, 5.41) is 8.47. The first-order chi connectivity index (χ1) is 9.67. The lowest BCUT2D eigenvalue weighted by Gasteiger charge is -2.19. The molecular formula is C14H17N3OS2. The van der Waals surface area contributed by atoms with Gasteiger partial charge in [-0.25, -0.2) is 0 Å². The Labute approximate surface area is 126 Å². The van der Waals surface area contributed by atoms with Crippen molar-refractivity contribution in [1.29, 1.82) is 0 Å². The molecule has 3 rings (SSSR count). The van der Waals surface area contributed by atoms with Crippen molar-refractivity contribution in [2.24, 2.45) is 13.0 Å². The number of nitrogens with zero attached hydrogens (tertiary/aromatic N) is 3. The van der Waals surface area contributed by atoms with Crippen LogP contribution < -0.4 is 0 Å². The molecule has 2 aromatic rings. The van der Waals surface area contributed by atoms with E-state index in [2.05, 4.69) is 23.2 Å². The van der Waals surface area contributed by atoms with Crippen LogP contribution in [0.1, 0.15) is 39.9 Å². The van der Waals surface area contributed by atoms with Gasteiger partial charge < -0.3 is 4.57 Å². The predicted molar refractivity (Wildman–Crippen MR) is 81.3 cm³/mol. The molecule has 0 radical (unpaired) electrons. The largest absolute Gasteiger partial charge is 0.311 e. The SMILES string of the molecule is CC[C@@H]1CCc2sc(C(=O)Sc3nncn3C)cc2C1. The standard InChI is InChI=1S/C14H17N3OS2/c1-3-9-4-5-11-10(6-9)7-12(19-11)13(18)20-14-16-15-8-17(14)2/h7-9H,3-6H2,1-2H3/t9-/m1/s1. The summed E-state index contributed by atoms with van der Waals surface area (Å²) in [5.74, 6) is 0.784. The van der Waals surface area contributed by atoms with Gasteiger partial charge in [0.2, 0.25) is 5.12 Å². The van der Waals surface area contributed by atoms with Gasteiger partial charge in [0.1, 0.15) is 6.33 Å². The summed E-state index contributed by atoms with van der Waals surface area (Å²) in [7, 11) is 1.85. The van der Waals surface area contributed by atoms with Gasteiger partial charge in [0.25, 0.3) is 0 Å². The molecule has 1 aliphatic rings. The highest BCUT2D eigenvalue weighted by molar-refractivity contribution is 8.14. The summed E-state index contributed by atoms with van der Waals surface area (Å²) in [5.41, 5.74) is 1.38. The van der Waals surface area contributed by atoms with Crippen molar-refractivity contribution < 1.29 is 4.79 Å². The Kier molecular flexibility index (Phi) is 3.94. The number of rotatable bonds is 3. The minimum Gasteiger partial charge on any atom is -0.311 e. The molecule has 4 nitrogen and oxygen atoms in total. The highest BCUT2D eigenvalue weighted by Crippen LogP contribution is 2.35. The third-order valence-electron chi connectivity index (χ3n) is 3.82. The average molecular weight is 307 g/mol. The highest BCUT2D eigenvalue weighted by atomic mass is 32.2. The van der Waals surface area contributed by atoms with E-state index in [0.717, 1.165) is 35.4 Å². The second-order valence-corrected chi connectivity index (χ2v) is 7.27. The van der Waals surface area contributed by atoms with Gasteiger partial charge in [-0.2, -0.15) is 0 Å². The van der Waals surface area contributed by atoms with Crippen molar-refractivity contribution in [2.45, 2.75) is 37.8 Å². The van der Waals surface area contributed by atoms with Crippen molar-refractivity contribution in [3.05, 3.63) is 27.7 Å². The number of hydrogen-bond donors (Lipinski definition) is 0. The number of aryl methyl sites for hydroxylation is 2. The van der Waals surface area contributed by atoms with Crippen molar-refractivity contribution in [3.8, 4) is 0 Å². The van der Waals surface area contributed by atoms with Gasteiger partial charge in [0.05, 0.1) is 4.88 Å². The van der Waals surface area contributed by atoms with Crippen LogP contribution in [0.15, 0.2) is 17.6 Å². The Bertz CT molecular complexity index is 632. The molecule has 20 heavy (non-hydrogen) atoms. The van der Waals surface area contributed by atoms with Crippen LogP contribution in [0.5, 0.6) is 0 Å². The van der Waals surface area contributed by atoms with Crippen LogP contribution >= 0.6 is 23.1 Å². The van der Waals surface area contributed by atoms with Crippen LogP contribution in [-0.4, -0.2) is 19.9 Å². The smallest absolute Gasteiger partial charge is 0.237 e. The fourth-order valence-corrected chi connectivity index (χ4v) is 4.44. The molecular weight excluding hydrogens is 290 g/mol. The highest BCUT2D eigenvalue weighted by Gasteiger charge is 2.23. The number of thioether (sulfide) groups is 1. The lowest BCUT2D eigenvalue weighted by molar-refractivity contribution is 0.109. The molecule has 0 aliphatic heterocycles. The molecule has 0 spiro atoms. The summed E-state index contributed by atoms with van der Waals surface area (Å²) in [6, 6.07) is 2.09. The average Bonchev–Trinajstić information content (AvgIpc) is 3.04. The maximum absolute atomic E-state index is 12.3. The van der Waals surface area contributed by atoms with Gasteiger partial charge in [0, 0.05) is 11.9 Å². The molecule has 0 saturated heterocycles. The molecule has 0 saturated carbocycles. The summed E-state index contributed by atoms with van der Waals surface area (Å²) in [4.78, 5) is 14.6. The van der Waals surface area contributed by atoms with E-state index in [9.17, 15) is 4.79 Å². The van der Waals surface area contributed by atoms with E-state index in [0.29, 0.717) is 5.16 Å². The van der Waals surface area contributed by atoms with E-state index in [-0.39, 0.29) is 5.12 Å². The number of fused-ring (bicyclic) bond motifs is 1. The van der Waals surface area contributed by atoms with Crippen LogP contribution in [0.3, 0.4) is 0 Å². The zero-order chi connectivity index (χ0) is 14.1. The monoisotopic (exact) mass is 307 g/mol. The predicted octanol–water partition coefficient (Wildman–Crippen LogP) is 3.32. The third kappa shape index (κ3) is 2.67. The second kappa shape index (κ2) is 5.69. The van der Waals surface area contributed by atoms with Crippen LogP contribution in [0.2, 0.25) is 0 Å². The zero-order valence-electron chi connectivity index (χ0n) is 11.6. The second-order valence-electron chi connectivity index (χ2n) is 5.19. The Morgan fingerprint density at radius 1 is 1.60 bits per heavy atom. The molecule has 0 aromatic carbocycles. The van der Waals surface area contributed by atoms with E-state index < -0.39 is 0 Å². The van der Waals surface area contributed by atoms with Crippen LogP contribution in [0, 0.1) is 5.92 Å². The lowest BCUT2D eigenvalue weighted by Crippen LogP contribution is -2.10. The summed E-state index contributed by atoms with van der Waals surface area (Å²) < 4.78 is 1.77. The molecule has 2 aromatic heterocycles. The molecule has 6 heteroatoms. The number of carbonyl (C=O) groups excluding carboxylic acids is 1. The number of thiophene rings is 1. The molecule has 1 aliphatic carbocycles. The first kappa shape index (κ1) is 13.8. The maximum atomic E-state index is 12.3. The minimum absolute atomic E-state index is 0.0774. The number of hydrogen-bond acceptors (Lipinski definition) is 5. The molecule has 0 N–H and O–H groups in total.